The van der Waals surface area contributed by atoms with Crippen LogP contribution in [0.15, 0.2) is 158 Å². The summed E-state index contributed by atoms with van der Waals surface area (Å²) >= 11 is 0. The summed E-state index contributed by atoms with van der Waals surface area (Å²) in [5, 5.41) is 8.47. The molecule has 2 aromatic heterocycles. The van der Waals surface area contributed by atoms with Gasteiger partial charge in [-0.3, -0.25) is 14.4 Å². The average Bonchev–Trinajstić information content (AvgIpc) is 0.732. The third kappa shape index (κ3) is 13.5. The standard InChI is InChI=1S/2C26H26N2O.C12H16N2O.C10H14N2.C6H7NO4/c2*1-15-12-13-19-18(14-15)22-24-23(27-20-10-6-7-11-21(20)28-24)16-8-4-5-9-17(16)25(22)29-26(19,2)3;1-11(15)13-7-9-14(10-8-13)12-5-3-2-4-6-12;1-2-4-10(5-3-1)12-8-6-11-7-9-12;1-4(8)11-7-5(9)2-3-6(7)10/h2*4-11,15,18-19H,12-14H2,1-3H3;2-6H,7-10H2,1H3;1-5,11H,6-9H2;2-3H2,1H3/t2*15-,18-,19-;;;/m00.../s1. The molecule has 16 nitrogen and oxygen atoms in total. The molecule has 8 aromatic carbocycles. The third-order valence-electron chi connectivity index (χ3n) is 20.8. The largest absolute Gasteiger partial charge is 0.487 e. The molecule has 3 saturated heterocycles. The van der Waals surface area contributed by atoms with Gasteiger partial charge in [-0.15, -0.1) is 5.06 Å². The van der Waals surface area contributed by atoms with E-state index in [0.29, 0.717) is 28.7 Å². The molecule has 496 valence electrons. The topological polar surface area (TPSA) is 173 Å². The van der Waals surface area contributed by atoms with Gasteiger partial charge in [-0.2, -0.15) is 0 Å². The predicted octanol–water partition coefficient (Wildman–Crippen LogP) is 15.3. The number of hydrogen-bond acceptors (Lipinski definition) is 14. The van der Waals surface area contributed by atoms with Gasteiger partial charge in [-0.1, -0.05) is 136 Å². The van der Waals surface area contributed by atoms with Crippen molar-refractivity contribution in [3.05, 3.63) is 169 Å². The molecule has 6 atom stereocenters. The zero-order chi connectivity index (χ0) is 66.8. The molecule has 7 heterocycles. The lowest BCUT2D eigenvalue weighted by molar-refractivity contribution is -0.195. The highest BCUT2D eigenvalue weighted by Crippen LogP contribution is 2.58. The molecule has 0 unspecified atom stereocenters. The van der Waals surface area contributed by atoms with E-state index in [1.54, 1.807) is 6.92 Å². The smallest absolute Gasteiger partial charge is 0.330 e. The van der Waals surface area contributed by atoms with E-state index in [1.165, 1.54) is 71.8 Å². The van der Waals surface area contributed by atoms with Crippen LogP contribution in [0, 0.1) is 23.7 Å². The highest BCUT2D eigenvalue weighted by molar-refractivity contribution is 6.12. The summed E-state index contributed by atoms with van der Waals surface area (Å²) < 4.78 is 13.6. The zero-order valence-electron chi connectivity index (χ0n) is 56.7. The molecule has 1 N–H and O–H groups in total. The highest BCUT2D eigenvalue weighted by Gasteiger charge is 2.49. The maximum atomic E-state index is 11.1. The Morgan fingerprint density at radius 1 is 0.469 bits per heavy atom. The number of para-hydroxylation sites is 6. The van der Waals surface area contributed by atoms with Crippen LogP contribution in [0.5, 0.6) is 11.5 Å². The van der Waals surface area contributed by atoms with Crippen LogP contribution >= 0.6 is 0 Å². The van der Waals surface area contributed by atoms with E-state index in [2.05, 4.69) is 177 Å². The van der Waals surface area contributed by atoms with E-state index in [0.717, 1.165) is 138 Å². The van der Waals surface area contributed by atoms with Crippen LogP contribution in [0.1, 0.15) is 130 Å². The van der Waals surface area contributed by atoms with Crippen molar-refractivity contribution >= 4 is 101 Å². The van der Waals surface area contributed by atoms with Crippen LogP contribution in [0.4, 0.5) is 11.4 Å². The number of fused-ring (bicyclic) bond motifs is 18. The highest BCUT2D eigenvalue weighted by atomic mass is 16.7. The number of nitrogens with one attached hydrogen (secondary N) is 1. The average molecular weight is 1290 g/mol. The lowest BCUT2D eigenvalue weighted by Crippen LogP contribution is -2.48. The minimum atomic E-state index is -0.659. The Labute approximate surface area is 562 Å². The number of rotatable bonds is 3. The number of imide groups is 1. The first-order valence-electron chi connectivity index (χ1n) is 34.6. The Kier molecular flexibility index (Phi) is 18.9. The summed E-state index contributed by atoms with van der Waals surface area (Å²) in [5.74, 6) is 4.14. The summed E-state index contributed by atoms with van der Waals surface area (Å²) in [6, 6.07) is 54.4. The number of carbonyl (C=O) groups excluding carboxylic acids is 4. The number of hydroxylamine groups is 2. The summed E-state index contributed by atoms with van der Waals surface area (Å²) in [6.07, 6.45) is 7.66. The molecule has 7 aliphatic rings. The van der Waals surface area contributed by atoms with E-state index < -0.39 is 17.8 Å². The molecule has 0 radical (unpaired) electrons. The van der Waals surface area contributed by atoms with Crippen molar-refractivity contribution in [3.8, 4) is 11.5 Å². The second-order valence-corrected chi connectivity index (χ2v) is 28.1. The summed E-state index contributed by atoms with van der Waals surface area (Å²) in [6.45, 7) is 24.7. The number of hydrogen-bond donors (Lipinski definition) is 1. The van der Waals surface area contributed by atoms with Crippen molar-refractivity contribution in [2.45, 2.75) is 130 Å². The fraction of sp³-hybridized carbons (Fsp3) is 0.400. The lowest BCUT2D eigenvalue weighted by Gasteiger charge is -2.49. The predicted molar refractivity (Wildman–Crippen MR) is 382 cm³/mol. The second kappa shape index (κ2) is 27.8. The van der Waals surface area contributed by atoms with Crippen LogP contribution in [0.25, 0.3) is 65.7 Å². The van der Waals surface area contributed by atoms with Crippen LogP contribution in [0.3, 0.4) is 0 Å². The molecule has 0 spiro atoms. The van der Waals surface area contributed by atoms with Gasteiger partial charge in [-0.05, 0) is 126 Å². The minimum Gasteiger partial charge on any atom is -0.487 e. The van der Waals surface area contributed by atoms with Crippen molar-refractivity contribution in [2.24, 2.45) is 23.7 Å². The van der Waals surface area contributed by atoms with Gasteiger partial charge in [0.05, 0.1) is 44.1 Å². The summed E-state index contributed by atoms with van der Waals surface area (Å²) in [5.41, 5.74) is 12.8. The van der Waals surface area contributed by atoms with Crippen molar-refractivity contribution < 1.29 is 33.5 Å². The molecule has 3 amide bonds. The first-order valence-corrected chi connectivity index (χ1v) is 34.6. The Morgan fingerprint density at radius 3 is 1.23 bits per heavy atom. The van der Waals surface area contributed by atoms with Crippen molar-refractivity contribution in [3.63, 3.8) is 0 Å². The van der Waals surface area contributed by atoms with Gasteiger partial charge in [0.2, 0.25) is 5.91 Å². The fourth-order valence-electron chi connectivity index (χ4n) is 15.9. The number of carbonyl (C=O) groups is 4. The maximum absolute atomic E-state index is 11.1. The molecular weight excluding hydrogens is 1200 g/mol. The Hall–Kier alpha value is -9.28. The van der Waals surface area contributed by atoms with E-state index in [9.17, 15) is 19.2 Å². The number of benzene rings is 8. The molecule has 16 heteroatoms. The SMILES string of the molecule is CC(=O)N1CCN(c2ccccc2)CC1.CC(=O)ON1C(=O)CCC1=O.C[C@H]1CC[C@H]2[C@H](C1)c1c(c3ccccc3c3nc4ccccc4nc13)OC2(C)C.C[C@H]1CC[C@H]2[C@H](C1)c1c(c3ccccc3c3nc4ccccc4nc13)OC2(C)C.c1ccc(N2CCNCC2)cc1. The molecule has 10 aromatic rings. The molecule has 17 rings (SSSR count). The number of aromatic nitrogens is 4. The normalized spacial score (nSPS) is 22.2. The van der Waals surface area contributed by atoms with E-state index in [4.69, 9.17) is 29.4 Å². The van der Waals surface area contributed by atoms with Gasteiger partial charge in [0.15, 0.2) is 0 Å². The van der Waals surface area contributed by atoms with Crippen LogP contribution in [-0.4, -0.2) is 117 Å². The van der Waals surface area contributed by atoms with Gasteiger partial charge in [0.1, 0.15) is 22.7 Å². The number of anilines is 2. The van der Waals surface area contributed by atoms with E-state index in [-0.39, 0.29) is 30.0 Å². The van der Waals surface area contributed by atoms with Gasteiger partial charge >= 0.3 is 5.97 Å². The zero-order valence-corrected chi connectivity index (χ0v) is 56.7. The Balaban J connectivity index is 0.000000115. The number of ether oxygens (including phenoxy) is 2. The van der Waals surface area contributed by atoms with Crippen molar-refractivity contribution in [1.29, 1.82) is 0 Å². The molecule has 0 bridgehead atoms. The van der Waals surface area contributed by atoms with E-state index in [1.807, 2.05) is 47.4 Å². The van der Waals surface area contributed by atoms with Crippen LogP contribution < -0.4 is 24.6 Å². The molecule has 5 aliphatic heterocycles. The summed E-state index contributed by atoms with van der Waals surface area (Å²) in [7, 11) is 0. The number of amides is 3. The quantitative estimate of drug-likeness (QED) is 0.101. The van der Waals surface area contributed by atoms with Crippen LogP contribution in [-0.2, 0) is 24.0 Å². The van der Waals surface area contributed by atoms with Gasteiger partial charge in [0, 0.05) is 135 Å². The lowest BCUT2D eigenvalue weighted by atomic mass is 9.64. The van der Waals surface area contributed by atoms with Crippen molar-refractivity contribution in [1.82, 2.24) is 35.2 Å². The van der Waals surface area contributed by atoms with E-state index >= 15 is 0 Å². The van der Waals surface area contributed by atoms with Gasteiger partial charge < -0.3 is 34.3 Å². The fourth-order valence-corrected chi connectivity index (χ4v) is 15.9. The minimum absolute atomic E-state index is 0.131. The third-order valence-corrected chi connectivity index (χ3v) is 20.8. The Bertz CT molecular complexity index is 4300. The van der Waals surface area contributed by atoms with Crippen molar-refractivity contribution in [2.75, 3.05) is 62.2 Å². The first-order chi connectivity index (χ1) is 46.4. The first kappa shape index (κ1) is 65.4. The molecule has 5 fully saturated rings. The van der Waals surface area contributed by atoms with Gasteiger partial charge in [0.25, 0.3) is 11.8 Å². The second-order valence-electron chi connectivity index (χ2n) is 28.1. The molecule has 2 saturated carbocycles. The van der Waals surface area contributed by atoms with Crippen LogP contribution in [0.2, 0.25) is 0 Å². The number of nitrogens with zero attached hydrogens (tertiary/aromatic N) is 8. The summed E-state index contributed by atoms with van der Waals surface area (Å²) in [4.78, 5) is 74.4. The Morgan fingerprint density at radius 2 is 0.833 bits per heavy atom. The molecule has 2 aliphatic carbocycles. The molecule has 96 heavy (non-hydrogen) atoms. The number of piperazine rings is 2. The maximum Gasteiger partial charge on any atom is 0.330 e. The van der Waals surface area contributed by atoms with Gasteiger partial charge in [-0.25, -0.2) is 24.7 Å². The molecular formula is C80H89N9O7. The monoisotopic (exact) mass is 1290 g/mol.